The van der Waals surface area contributed by atoms with Crippen LogP contribution >= 0.6 is 0 Å². The van der Waals surface area contributed by atoms with Crippen LogP contribution in [0.5, 0.6) is 0 Å². The molecule has 0 aromatic carbocycles. The summed E-state index contributed by atoms with van der Waals surface area (Å²) in [6, 6.07) is 0. The van der Waals surface area contributed by atoms with Crippen LogP contribution in [-0.4, -0.2) is 51.5 Å². The van der Waals surface area contributed by atoms with Crippen LogP contribution in [0.4, 0.5) is 0 Å². The number of rotatable bonds is 2. The number of ether oxygens (including phenoxy) is 2. The van der Waals surface area contributed by atoms with E-state index in [2.05, 4.69) is 6.92 Å². The Morgan fingerprint density at radius 3 is 2.56 bits per heavy atom. The van der Waals surface area contributed by atoms with Crippen LogP contribution in [0, 0.1) is 34.5 Å². The molecule has 6 nitrogen and oxygen atoms in total. The van der Waals surface area contributed by atoms with Crippen LogP contribution in [0.3, 0.4) is 0 Å². The number of cyclic esters (lactones) is 1. The van der Waals surface area contributed by atoms with Gasteiger partial charge in [0.15, 0.2) is 5.78 Å². The average molecular weight is 471 g/mol. The first-order chi connectivity index (χ1) is 15.9. The number of esters is 1. The van der Waals surface area contributed by atoms with E-state index in [-0.39, 0.29) is 35.1 Å². The Morgan fingerprint density at radius 2 is 1.85 bits per heavy atom. The number of carbonyl (C=O) groups excluding carboxylic acids is 2. The molecule has 1 saturated heterocycles. The predicted molar refractivity (Wildman–Crippen MR) is 125 cm³/mol. The molecule has 3 saturated carbocycles. The second-order valence-electron chi connectivity index (χ2n) is 12.8. The molecule has 186 valence electrons. The van der Waals surface area contributed by atoms with E-state index in [0.717, 1.165) is 37.7 Å². The summed E-state index contributed by atoms with van der Waals surface area (Å²) in [6.07, 6.45) is 6.96. The molecule has 4 aliphatic carbocycles. The third kappa shape index (κ3) is 2.53. The molecule has 0 unspecified atom stereocenters. The first-order valence-electron chi connectivity index (χ1n) is 13.1. The largest absolute Gasteiger partial charge is 0.456 e. The number of hydrogen-bond acceptors (Lipinski definition) is 6. The summed E-state index contributed by atoms with van der Waals surface area (Å²) in [5, 5.41) is 22.7. The normalized spacial score (nSPS) is 53.3. The lowest BCUT2D eigenvalue weighted by atomic mass is 9.44. The first-order valence-corrected chi connectivity index (χ1v) is 13.1. The average Bonchev–Trinajstić information content (AvgIpc) is 3.40. The van der Waals surface area contributed by atoms with Crippen LogP contribution in [-0.2, 0) is 19.1 Å². The Bertz CT molecular complexity index is 1030. The number of hydrogen-bond donors (Lipinski definition) is 2. The fourth-order valence-corrected chi connectivity index (χ4v) is 9.56. The minimum absolute atomic E-state index is 0.0158. The van der Waals surface area contributed by atoms with Crippen molar-refractivity contribution in [3.05, 3.63) is 23.3 Å². The first kappa shape index (κ1) is 22.9. The van der Waals surface area contributed by atoms with Gasteiger partial charge in [-0.2, -0.15) is 0 Å². The molecule has 6 aliphatic rings. The van der Waals surface area contributed by atoms with Crippen LogP contribution in [0.1, 0.15) is 73.1 Å². The van der Waals surface area contributed by atoms with E-state index in [1.165, 1.54) is 0 Å². The van der Waals surface area contributed by atoms with Crippen molar-refractivity contribution in [2.75, 3.05) is 0 Å². The number of aliphatic hydroxyl groups excluding tert-OH is 1. The molecule has 1 spiro atoms. The molecule has 6 heteroatoms. The van der Waals surface area contributed by atoms with E-state index in [4.69, 9.17) is 9.47 Å². The quantitative estimate of drug-likeness (QED) is 0.474. The summed E-state index contributed by atoms with van der Waals surface area (Å²) in [5.41, 5.74) is -1.02. The molecule has 0 aromatic rings. The zero-order valence-electron chi connectivity index (χ0n) is 21.0. The topological polar surface area (TPSA) is 96.4 Å². The van der Waals surface area contributed by atoms with Gasteiger partial charge < -0.3 is 19.7 Å². The van der Waals surface area contributed by atoms with Crippen molar-refractivity contribution in [1.82, 2.24) is 0 Å². The van der Waals surface area contributed by atoms with Gasteiger partial charge in [0.2, 0.25) is 0 Å². The van der Waals surface area contributed by atoms with Gasteiger partial charge in [-0.3, -0.25) is 4.79 Å². The summed E-state index contributed by atoms with van der Waals surface area (Å²) in [4.78, 5) is 25.7. The lowest BCUT2D eigenvalue weighted by molar-refractivity contribution is -0.184. The van der Waals surface area contributed by atoms with Crippen molar-refractivity contribution in [2.24, 2.45) is 34.5 Å². The van der Waals surface area contributed by atoms with Crippen molar-refractivity contribution >= 4 is 11.8 Å². The molecule has 4 fully saturated rings. The lowest BCUT2D eigenvalue weighted by Crippen LogP contribution is -2.64. The zero-order chi connectivity index (χ0) is 24.4. The van der Waals surface area contributed by atoms with Crippen LogP contribution in [0.2, 0.25) is 0 Å². The summed E-state index contributed by atoms with van der Waals surface area (Å²) in [7, 11) is 0. The molecule has 0 aromatic heterocycles. The Morgan fingerprint density at radius 1 is 1.12 bits per heavy atom. The fourth-order valence-electron chi connectivity index (χ4n) is 9.56. The summed E-state index contributed by atoms with van der Waals surface area (Å²) < 4.78 is 12.0. The summed E-state index contributed by atoms with van der Waals surface area (Å²) in [5.74, 6) is 0.651. The maximum absolute atomic E-state index is 13.3. The molecule has 6 rings (SSSR count). The minimum Gasteiger partial charge on any atom is -0.456 e. The highest BCUT2D eigenvalue weighted by Gasteiger charge is 2.80. The van der Waals surface area contributed by atoms with Gasteiger partial charge in [0.05, 0.1) is 11.5 Å². The van der Waals surface area contributed by atoms with Gasteiger partial charge in [0.25, 0.3) is 0 Å². The van der Waals surface area contributed by atoms with Gasteiger partial charge in [0.1, 0.15) is 23.4 Å². The Hall–Kier alpha value is -1.50. The van der Waals surface area contributed by atoms with E-state index in [1.807, 2.05) is 20.8 Å². The van der Waals surface area contributed by atoms with E-state index in [0.29, 0.717) is 23.8 Å². The highest BCUT2D eigenvalue weighted by Crippen LogP contribution is 2.73. The van der Waals surface area contributed by atoms with Gasteiger partial charge in [-0.25, -0.2) is 4.79 Å². The molecule has 34 heavy (non-hydrogen) atoms. The van der Waals surface area contributed by atoms with Crippen molar-refractivity contribution in [1.29, 1.82) is 0 Å². The summed E-state index contributed by atoms with van der Waals surface area (Å²) in [6.45, 7) is 9.96. The maximum Gasteiger partial charge on any atom is 0.334 e. The molecule has 0 amide bonds. The van der Waals surface area contributed by atoms with Crippen molar-refractivity contribution in [3.8, 4) is 0 Å². The van der Waals surface area contributed by atoms with Crippen molar-refractivity contribution < 1.29 is 29.3 Å². The third-order valence-corrected chi connectivity index (χ3v) is 11.7. The highest BCUT2D eigenvalue weighted by atomic mass is 16.6. The molecule has 0 bridgehead atoms. The van der Waals surface area contributed by atoms with Gasteiger partial charge in [-0.05, 0) is 101 Å². The van der Waals surface area contributed by atoms with Gasteiger partial charge in [0, 0.05) is 12.0 Å². The van der Waals surface area contributed by atoms with Crippen LogP contribution in [0.25, 0.3) is 0 Å². The Balaban J connectivity index is 1.31. The molecule has 2 N–H and O–H groups in total. The smallest absolute Gasteiger partial charge is 0.334 e. The van der Waals surface area contributed by atoms with E-state index in [9.17, 15) is 19.8 Å². The zero-order valence-corrected chi connectivity index (χ0v) is 21.0. The number of allylic oxidation sites excluding steroid dienone is 1. The molecule has 2 aliphatic heterocycles. The van der Waals surface area contributed by atoms with E-state index < -0.39 is 28.8 Å². The SMILES string of the molecule is CC1=C(C)C(=O)O[C@@H]([C@@](C)(O)[C@H]2CC[C@H]3[C@@H]4C[C@H]5O[C@]56[C@@H](O)C=CC(=O)[C@]6(C)[C@H]4CC[C@]23C)C1. The molecule has 2 heterocycles. The Kier molecular flexibility index (Phi) is 4.61. The number of fused-ring (bicyclic) bond motifs is 4. The molecular formula is C28H38O6. The number of carbonyl (C=O) groups is 2. The minimum atomic E-state index is -1.12. The number of epoxide rings is 1. The van der Waals surface area contributed by atoms with Gasteiger partial charge >= 0.3 is 5.97 Å². The van der Waals surface area contributed by atoms with Gasteiger partial charge in [-0.1, -0.05) is 12.5 Å². The van der Waals surface area contributed by atoms with Crippen LogP contribution < -0.4 is 0 Å². The fraction of sp³-hybridized carbons (Fsp3) is 0.786. The standard InChI is InChI=1S/C28H38O6/c1-14-12-22(33-24(31)15(14)2)27(5,32)19-7-6-17-16-13-23-28(34-23)21(30)9-8-20(29)26(28,4)18(16)10-11-25(17,19)3/h8-9,16-19,21-23,30,32H,6-7,10-13H2,1-5H3/t16-,17-,18-,19-,21-,22+,23+,25-,26-,27-,28+/m0/s1. The summed E-state index contributed by atoms with van der Waals surface area (Å²) >= 11 is 0. The monoisotopic (exact) mass is 470 g/mol. The van der Waals surface area contributed by atoms with Crippen LogP contribution in [0.15, 0.2) is 23.3 Å². The van der Waals surface area contributed by atoms with E-state index in [1.54, 1.807) is 19.1 Å². The highest BCUT2D eigenvalue weighted by molar-refractivity contribution is 5.98. The number of aliphatic hydroxyl groups is 2. The molecular weight excluding hydrogens is 432 g/mol. The predicted octanol–water partition coefficient (Wildman–Crippen LogP) is 3.50. The molecule has 11 atom stereocenters. The van der Waals surface area contributed by atoms with Crippen molar-refractivity contribution in [3.63, 3.8) is 0 Å². The maximum atomic E-state index is 13.3. The van der Waals surface area contributed by atoms with Crippen molar-refractivity contribution in [2.45, 2.75) is 103 Å². The second-order valence-corrected chi connectivity index (χ2v) is 12.8. The van der Waals surface area contributed by atoms with E-state index >= 15 is 0 Å². The number of ketones is 1. The Labute approximate surface area is 201 Å². The third-order valence-electron chi connectivity index (χ3n) is 11.7. The molecule has 0 radical (unpaired) electrons. The van der Waals surface area contributed by atoms with Gasteiger partial charge in [-0.15, -0.1) is 0 Å². The second kappa shape index (κ2) is 6.83. The lowest BCUT2D eigenvalue weighted by Gasteiger charge is -2.59.